The zero-order valence-electron chi connectivity index (χ0n) is 12.7. The molecule has 0 unspecified atom stereocenters. The second-order valence-corrected chi connectivity index (χ2v) is 7.59. The SMILES string of the molecule is Cc1nc(C)c(CN)c(C23CC4CC(CC(C4)C2)C3)n1. The molecule has 4 fully saturated rings. The predicted octanol–water partition coefficient (Wildman–Crippen LogP) is 3.02. The lowest BCUT2D eigenvalue weighted by Crippen LogP contribution is -2.49. The van der Waals surface area contributed by atoms with E-state index in [0.29, 0.717) is 12.0 Å². The topological polar surface area (TPSA) is 51.8 Å². The van der Waals surface area contributed by atoms with E-state index in [1.165, 1.54) is 49.8 Å². The molecule has 4 bridgehead atoms. The van der Waals surface area contributed by atoms with Gasteiger partial charge in [-0.25, -0.2) is 9.97 Å². The van der Waals surface area contributed by atoms with Crippen molar-refractivity contribution >= 4 is 0 Å². The highest BCUT2D eigenvalue weighted by atomic mass is 14.9. The van der Waals surface area contributed by atoms with Gasteiger partial charge in [0.15, 0.2) is 0 Å². The summed E-state index contributed by atoms with van der Waals surface area (Å²) in [4.78, 5) is 9.45. The Morgan fingerprint density at radius 2 is 1.55 bits per heavy atom. The molecule has 1 aromatic rings. The van der Waals surface area contributed by atoms with Gasteiger partial charge in [-0.05, 0) is 70.1 Å². The van der Waals surface area contributed by atoms with Crippen LogP contribution in [-0.4, -0.2) is 9.97 Å². The van der Waals surface area contributed by atoms with E-state index in [1.54, 1.807) is 0 Å². The summed E-state index contributed by atoms with van der Waals surface area (Å²) in [6.07, 6.45) is 8.46. The quantitative estimate of drug-likeness (QED) is 0.899. The molecule has 5 rings (SSSR count). The van der Waals surface area contributed by atoms with Crippen molar-refractivity contribution in [3.8, 4) is 0 Å². The lowest BCUT2D eigenvalue weighted by atomic mass is 9.48. The van der Waals surface area contributed by atoms with Gasteiger partial charge in [0.05, 0.1) is 5.69 Å². The molecule has 4 saturated carbocycles. The molecule has 0 radical (unpaired) electrons. The van der Waals surface area contributed by atoms with Gasteiger partial charge in [-0.1, -0.05) is 0 Å². The molecule has 4 aliphatic carbocycles. The number of hydrogen-bond donors (Lipinski definition) is 1. The summed E-state index contributed by atoms with van der Waals surface area (Å²) in [7, 11) is 0. The van der Waals surface area contributed by atoms with Gasteiger partial charge in [0.1, 0.15) is 5.82 Å². The first-order valence-electron chi connectivity index (χ1n) is 8.14. The Morgan fingerprint density at radius 3 is 2.05 bits per heavy atom. The van der Waals surface area contributed by atoms with Crippen LogP contribution >= 0.6 is 0 Å². The molecule has 2 N–H and O–H groups in total. The van der Waals surface area contributed by atoms with Crippen LogP contribution in [0.15, 0.2) is 0 Å². The third kappa shape index (κ3) is 1.75. The van der Waals surface area contributed by atoms with Crippen LogP contribution in [0.5, 0.6) is 0 Å². The highest BCUT2D eigenvalue weighted by molar-refractivity contribution is 5.34. The van der Waals surface area contributed by atoms with Crippen LogP contribution in [0.25, 0.3) is 0 Å². The van der Waals surface area contributed by atoms with Crippen molar-refractivity contribution in [3.63, 3.8) is 0 Å². The second kappa shape index (κ2) is 4.27. The van der Waals surface area contributed by atoms with Crippen LogP contribution in [0.3, 0.4) is 0 Å². The molecule has 108 valence electrons. The first-order chi connectivity index (χ1) is 9.59. The monoisotopic (exact) mass is 271 g/mol. The highest BCUT2D eigenvalue weighted by Gasteiger charge is 2.53. The van der Waals surface area contributed by atoms with Gasteiger partial charge in [0.25, 0.3) is 0 Å². The third-order valence-corrected chi connectivity index (χ3v) is 6.07. The average molecular weight is 271 g/mol. The number of nitrogens with zero attached hydrogens (tertiary/aromatic N) is 2. The fourth-order valence-corrected chi connectivity index (χ4v) is 5.82. The van der Waals surface area contributed by atoms with E-state index in [2.05, 4.69) is 11.9 Å². The molecule has 0 spiro atoms. The molecule has 1 aromatic heterocycles. The summed E-state index contributed by atoms with van der Waals surface area (Å²) in [5.74, 6) is 3.76. The maximum atomic E-state index is 6.04. The Bertz CT molecular complexity index is 514. The second-order valence-electron chi connectivity index (χ2n) is 7.59. The van der Waals surface area contributed by atoms with Gasteiger partial charge in [-0.15, -0.1) is 0 Å². The Kier molecular flexibility index (Phi) is 2.72. The lowest BCUT2D eigenvalue weighted by Gasteiger charge is -2.57. The highest BCUT2D eigenvalue weighted by Crippen LogP contribution is 2.60. The van der Waals surface area contributed by atoms with E-state index in [9.17, 15) is 0 Å². The molecule has 0 saturated heterocycles. The number of hydrogen-bond acceptors (Lipinski definition) is 3. The smallest absolute Gasteiger partial charge is 0.125 e. The maximum absolute atomic E-state index is 6.04. The maximum Gasteiger partial charge on any atom is 0.125 e. The summed E-state index contributed by atoms with van der Waals surface area (Å²) in [5, 5.41) is 0. The van der Waals surface area contributed by atoms with Crippen molar-refractivity contribution in [2.45, 2.75) is 64.3 Å². The Balaban J connectivity index is 1.84. The van der Waals surface area contributed by atoms with Gasteiger partial charge in [-0.2, -0.15) is 0 Å². The molecule has 20 heavy (non-hydrogen) atoms. The largest absolute Gasteiger partial charge is 0.326 e. The molecular formula is C17H25N3. The molecule has 0 aliphatic heterocycles. The molecule has 4 aliphatic rings. The standard InChI is InChI=1S/C17H25N3/c1-10-15(9-18)16(20-11(2)19-10)17-6-12-3-13(7-17)5-14(4-12)8-17/h12-14H,3-9,18H2,1-2H3. The van der Waals surface area contributed by atoms with E-state index in [4.69, 9.17) is 10.7 Å². The van der Waals surface area contributed by atoms with E-state index >= 15 is 0 Å². The lowest BCUT2D eigenvalue weighted by molar-refractivity contribution is -0.00780. The minimum Gasteiger partial charge on any atom is -0.326 e. The van der Waals surface area contributed by atoms with Gasteiger partial charge in [0.2, 0.25) is 0 Å². The number of nitrogens with two attached hydrogens (primary N) is 1. The first-order valence-corrected chi connectivity index (χ1v) is 8.14. The van der Waals surface area contributed by atoms with E-state index < -0.39 is 0 Å². The van der Waals surface area contributed by atoms with Gasteiger partial charge < -0.3 is 5.73 Å². The summed E-state index contributed by atoms with van der Waals surface area (Å²) in [6.45, 7) is 4.71. The summed E-state index contributed by atoms with van der Waals surface area (Å²) < 4.78 is 0. The van der Waals surface area contributed by atoms with Crippen LogP contribution in [0.2, 0.25) is 0 Å². The van der Waals surface area contributed by atoms with Crippen LogP contribution < -0.4 is 5.73 Å². The summed E-state index contributed by atoms with van der Waals surface area (Å²) in [6, 6.07) is 0. The molecular weight excluding hydrogens is 246 g/mol. The number of rotatable bonds is 2. The summed E-state index contributed by atoms with van der Waals surface area (Å²) >= 11 is 0. The minimum absolute atomic E-state index is 0.335. The van der Waals surface area contributed by atoms with E-state index in [-0.39, 0.29) is 0 Å². The van der Waals surface area contributed by atoms with Crippen LogP contribution in [0.1, 0.15) is 61.3 Å². The van der Waals surface area contributed by atoms with Crippen LogP contribution in [-0.2, 0) is 12.0 Å². The van der Waals surface area contributed by atoms with Crippen molar-refractivity contribution in [2.24, 2.45) is 23.5 Å². The zero-order chi connectivity index (χ0) is 13.9. The normalized spacial score (nSPS) is 38.5. The molecule has 3 nitrogen and oxygen atoms in total. The molecule has 0 aromatic carbocycles. The van der Waals surface area contributed by atoms with Gasteiger partial charge in [-0.3, -0.25) is 0 Å². The number of aromatic nitrogens is 2. The van der Waals surface area contributed by atoms with Crippen molar-refractivity contribution in [1.82, 2.24) is 9.97 Å². The van der Waals surface area contributed by atoms with Crippen molar-refractivity contribution < 1.29 is 0 Å². The Morgan fingerprint density at radius 1 is 1.00 bits per heavy atom. The molecule has 0 atom stereocenters. The Hall–Kier alpha value is -0.960. The van der Waals surface area contributed by atoms with Crippen LogP contribution in [0.4, 0.5) is 0 Å². The first kappa shape index (κ1) is 12.8. The van der Waals surface area contributed by atoms with Crippen molar-refractivity contribution in [1.29, 1.82) is 0 Å². The molecule has 1 heterocycles. The average Bonchev–Trinajstić information content (AvgIpc) is 2.36. The summed E-state index contributed by atoms with van der Waals surface area (Å²) in [5.41, 5.74) is 10.0. The number of aryl methyl sites for hydroxylation is 2. The molecule has 0 amide bonds. The van der Waals surface area contributed by atoms with E-state index in [0.717, 1.165) is 29.3 Å². The Labute approximate surface area is 121 Å². The fourth-order valence-electron chi connectivity index (χ4n) is 5.82. The zero-order valence-corrected chi connectivity index (χ0v) is 12.7. The third-order valence-electron chi connectivity index (χ3n) is 6.07. The fraction of sp³-hybridized carbons (Fsp3) is 0.765. The minimum atomic E-state index is 0.335. The van der Waals surface area contributed by atoms with Gasteiger partial charge >= 0.3 is 0 Å². The van der Waals surface area contributed by atoms with Gasteiger partial charge in [0, 0.05) is 23.2 Å². The van der Waals surface area contributed by atoms with E-state index in [1.807, 2.05) is 6.92 Å². The molecule has 3 heteroatoms. The van der Waals surface area contributed by atoms with Crippen molar-refractivity contribution in [3.05, 3.63) is 22.8 Å². The van der Waals surface area contributed by atoms with Crippen LogP contribution in [0, 0.1) is 31.6 Å². The predicted molar refractivity (Wildman–Crippen MR) is 79.2 cm³/mol. The van der Waals surface area contributed by atoms with Crippen molar-refractivity contribution in [2.75, 3.05) is 0 Å².